The number of hydrogen-bond donors (Lipinski definition) is 1. The fraction of sp³-hybridized carbons (Fsp3) is 0.0417. The first-order chi connectivity index (χ1) is 15.0. The number of aliphatic hydroxyl groups excluding tert-OH is 1. The summed E-state index contributed by atoms with van der Waals surface area (Å²) in [4.78, 5) is 32.3. The first-order valence-corrected chi connectivity index (χ1v) is 11.1. The number of benzene rings is 3. The minimum Gasteiger partial charge on any atom is -0.507 e. The third-order valence-electron chi connectivity index (χ3n) is 5.17. The summed E-state index contributed by atoms with van der Waals surface area (Å²) in [6, 6.07) is 22.9. The van der Waals surface area contributed by atoms with E-state index in [1.165, 1.54) is 16.2 Å². The second-order valence-corrected chi connectivity index (χ2v) is 8.98. The van der Waals surface area contributed by atoms with Crippen molar-refractivity contribution < 1.29 is 14.7 Å². The van der Waals surface area contributed by atoms with Gasteiger partial charge in [-0.2, -0.15) is 0 Å². The van der Waals surface area contributed by atoms with Crippen molar-refractivity contribution in [2.75, 3.05) is 4.90 Å². The number of halogens is 1. The number of carbonyl (C=O) groups excluding carboxylic acids is 2. The molecule has 1 atom stereocenters. The SMILES string of the molecule is O=C1C(=O)N(c2nc3ccccc3s2)C(c2ccc(Br)cc2)/C1=C(/O)c1ccccc1. The number of thiazole rings is 1. The predicted octanol–water partition coefficient (Wildman–Crippen LogP) is 5.69. The van der Waals surface area contributed by atoms with Crippen molar-refractivity contribution in [1.29, 1.82) is 0 Å². The van der Waals surface area contributed by atoms with Crippen LogP contribution in [0.15, 0.2) is 88.9 Å². The van der Waals surface area contributed by atoms with E-state index in [0.717, 1.165) is 14.7 Å². The van der Waals surface area contributed by atoms with E-state index < -0.39 is 17.7 Å². The van der Waals surface area contributed by atoms with Crippen LogP contribution in [0.1, 0.15) is 17.2 Å². The summed E-state index contributed by atoms with van der Waals surface area (Å²) in [6.07, 6.45) is 0. The van der Waals surface area contributed by atoms with Crippen LogP contribution in [0.3, 0.4) is 0 Å². The van der Waals surface area contributed by atoms with Crippen molar-refractivity contribution in [3.05, 3.63) is 100 Å². The van der Waals surface area contributed by atoms with Crippen LogP contribution in [-0.4, -0.2) is 21.8 Å². The summed E-state index contributed by atoms with van der Waals surface area (Å²) >= 11 is 4.76. The maximum absolute atomic E-state index is 13.2. The average Bonchev–Trinajstić information content (AvgIpc) is 3.33. The Bertz CT molecular complexity index is 1310. The van der Waals surface area contributed by atoms with Gasteiger partial charge in [-0.3, -0.25) is 14.5 Å². The third kappa shape index (κ3) is 3.36. The quantitative estimate of drug-likeness (QED) is 0.227. The zero-order valence-electron chi connectivity index (χ0n) is 16.0. The second kappa shape index (κ2) is 7.76. The highest BCUT2D eigenvalue weighted by Gasteiger charge is 2.48. The molecule has 1 aliphatic rings. The van der Waals surface area contributed by atoms with Gasteiger partial charge in [0, 0.05) is 10.0 Å². The minimum atomic E-state index is -0.783. The molecule has 31 heavy (non-hydrogen) atoms. The Morgan fingerprint density at radius 2 is 1.61 bits per heavy atom. The van der Waals surface area contributed by atoms with Crippen molar-refractivity contribution in [3.63, 3.8) is 0 Å². The summed E-state index contributed by atoms with van der Waals surface area (Å²) < 4.78 is 1.79. The van der Waals surface area contributed by atoms with E-state index in [2.05, 4.69) is 20.9 Å². The number of ketones is 1. The number of Topliss-reactive ketones (excluding diaryl/α,β-unsaturated/α-hetero) is 1. The highest BCUT2D eigenvalue weighted by Crippen LogP contribution is 2.44. The molecule has 0 radical (unpaired) electrons. The van der Waals surface area contributed by atoms with Crippen LogP contribution in [0.25, 0.3) is 16.0 Å². The monoisotopic (exact) mass is 490 g/mol. The van der Waals surface area contributed by atoms with Crippen molar-refractivity contribution in [1.82, 2.24) is 4.98 Å². The molecule has 1 aliphatic heterocycles. The minimum absolute atomic E-state index is 0.0535. The Balaban J connectivity index is 1.74. The summed E-state index contributed by atoms with van der Waals surface area (Å²) in [5, 5.41) is 11.5. The molecular formula is C24H15BrN2O3S. The Morgan fingerprint density at radius 1 is 0.935 bits per heavy atom. The van der Waals surface area contributed by atoms with Gasteiger partial charge in [0.2, 0.25) is 0 Å². The van der Waals surface area contributed by atoms with E-state index in [-0.39, 0.29) is 11.3 Å². The van der Waals surface area contributed by atoms with E-state index in [1.807, 2.05) is 54.6 Å². The maximum atomic E-state index is 13.2. The Hall–Kier alpha value is -3.29. The molecule has 0 spiro atoms. The Kier molecular flexibility index (Phi) is 4.92. The lowest BCUT2D eigenvalue weighted by atomic mass is 9.95. The van der Waals surface area contributed by atoms with Gasteiger partial charge in [0.25, 0.3) is 5.78 Å². The Morgan fingerprint density at radius 3 is 2.32 bits per heavy atom. The molecule has 1 saturated heterocycles. The van der Waals surface area contributed by atoms with E-state index >= 15 is 0 Å². The molecule has 4 aromatic rings. The molecule has 7 heteroatoms. The summed E-state index contributed by atoms with van der Waals surface area (Å²) in [5.41, 5.74) is 1.99. The van der Waals surface area contributed by atoms with Crippen LogP contribution in [-0.2, 0) is 9.59 Å². The number of fused-ring (bicyclic) bond motifs is 1. The zero-order chi connectivity index (χ0) is 21.5. The van der Waals surface area contributed by atoms with E-state index in [0.29, 0.717) is 16.3 Å². The lowest BCUT2D eigenvalue weighted by Crippen LogP contribution is -2.29. The molecule has 1 amide bonds. The largest absolute Gasteiger partial charge is 0.507 e. The highest BCUT2D eigenvalue weighted by molar-refractivity contribution is 9.10. The van der Waals surface area contributed by atoms with Gasteiger partial charge in [-0.15, -0.1) is 0 Å². The van der Waals surface area contributed by atoms with Crippen molar-refractivity contribution >= 4 is 60.1 Å². The number of hydrogen-bond acceptors (Lipinski definition) is 5. The molecule has 0 saturated carbocycles. The molecule has 5 rings (SSSR count). The smallest absolute Gasteiger partial charge is 0.301 e. The molecule has 1 N–H and O–H groups in total. The molecule has 3 aromatic carbocycles. The standard InChI is InChI=1S/C24H15BrN2O3S/c25-16-12-10-14(11-13-16)20-19(21(28)15-6-2-1-3-7-15)22(29)23(30)27(20)24-26-17-8-4-5-9-18(17)31-24/h1-13,20,28H/b21-19-. The number of para-hydroxylation sites is 1. The normalized spacial score (nSPS) is 18.1. The molecule has 5 nitrogen and oxygen atoms in total. The van der Waals surface area contributed by atoms with Crippen molar-refractivity contribution in [2.45, 2.75) is 6.04 Å². The van der Waals surface area contributed by atoms with Gasteiger partial charge in [-0.1, -0.05) is 81.9 Å². The first kappa shape index (κ1) is 19.7. The molecule has 1 fully saturated rings. The number of rotatable bonds is 3. The van der Waals surface area contributed by atoms with Gasteiger partial charge < -0.3 is 5.11 Å². The van der Waals surface area contributed by atoms with Crippen LogP contribution < -0.4 is 4.90 Å². The van der Waals surface area contributed by atoms with Gasteiger partial charge in [0.05, 0.1) is 21.8 Å². The van der Waals surface area contributed by atoms with Crippen molar-refractivity contribution in [2.24, 2.45) is 0 Å². The second-order valence-electron chi connectivity index (χ2n) is 7.05. The number of aliphatic hydroxyl groups is 1. The molecule has 152 valence electrons. The number of nitrogens with zero attached hydrogens (tertiary/aromatic N) is 2. The topological polar surface area (TPSA) is 70.5 Å². The molecule has 0 aliphatic carbocycles. The number of carbonyl (C=O) groups is 2. The third-order valence-corrected chi connectivity index (χ3v) is 6.73. The molecular weight excluding hydrogens is 476 g/mol. The molecule has 2 heterocycles. The predicted molar refractivity (Wildman–Crippen MR) is 125 cm³/mol. The summed E-state index contributed by atoms with van der Waals surface area (Å²) in [5.74, 6) is -1.63. The van der Waals surface area contributed by atoms with Gasteiger partial charge in [-0.25, -0.2) is 4.98 Å². The van der Waals surface area contributed by atoms with E-state index in [1.54, 1.807) is 24.3 Å². The average molecular weight is 491 g/mol. The summed E-state index contributed by atoms with van der Waals surface area (Å²) in [6.45, 7) is 0. The highest BCUT2D eigenvalue weighted by atomic mass is 79.9. The van der Waals surface area contributed by atoms with Crippen LogP contribution in [0.2, 0.25) is 0 Å². The van der Waals surface area contributed by atoms with E-state index in [4.69, 9.17) is 0 Å². The molecule has 0 bridgehead atoms. The first-order valence-electron chi connectivity index (χ1n) is 9.52. The number of amides is 1. The number of anilines is 1. The molecule has 1 aromatic heterocycles. The fourth-order valence-electron chi connectivity index (χ4n) is 3.70. The van der Waals surface area contributed by atoms with Crippen LogP contribution >= 0.6 is 27.3 Å². The Labute approximate surface area is 190 Å². The van der Waals surface area contributed by atoms with E-state index in [9.17, 15) is 14.7 Å². The van der Waals surface area contributed by atoms with Gasteiger partial charge >= 0.3 is 5.91 Å². The van der Waals surface area contributed by atoms with Crippen molar-refractivity contribution in [3.8, 4) is 0 Å². The van der Waals surface area contributed by atoms with Gasteiger partial charge in [-0.05, 0) is 29.8 Å². The lowest BCUT2D eigenvalue weighted by molar-refractivity contribution is -0.132. The van der Waals surface area contributed by atoms with Crippen LogP contribution in [0.4, 0.5) is 5.13 Å². The summed E-state index contributed by atoms with van der Waals surface area (Å²) in [7, 11) is 0. The number of aromatic nitrogens is 1. The maximum Gasteiger partial charge on any atom is 0.301 e. The van der Waals surface area contributed by atoms with Crippen LogP contribution in [0, 0.1) is 0 Å². The molecule has 1 unspecified atom stereocenters. The van der Waals surface area contributed by atoms with Gasteiger partial charge in [0.1, 0.15) is 5.76 Å². The lowest BCUT2D eigenvalue weighted by Gasteiger charge is -2.23. The fourth-order valence-corrected chi connectivity index (χ4v) is 4.96. The van der Waals surface area contributed by atoms with Gasteiger partial charge in [0.15, 0.2) is 5.13 Å². The zero-order valence-corrected chi connectivity index (χ0v) is 18.4. The van der Waals surface area contributed by atoms with Crippen LogP contribution in [0.5, 0.6) is 0 Å².